The third kappa shape index (κ3) is 4.15. The quantitative estimate of drug-likeness (QED) is 0.644. The maximum absolute atomic E-state index is 5.97. The van der Waals surface area contributed by atoms with Crippen LogP contribution in [0.3, 0.4) is 0 Å². The van der Waals surface area contributed by atoms with E-state index in [2.05, 4.69) is 26.8 Å². The molecule has 0 nitrogen and oxygen atoms in total. The Hall–Kier alpha value is -0.490. The maximum atomic E-state index is 5.97. The van der Waals surface area contributed by atoms with Crippen molar-refractivity contribution in [2.75, 3.05) is 0 Å². The molecule has 1 aromatic carbocycles. The molecule has 80 valence electrons. The number of rotatable bonds is 2. The van der Waals surface area contributed by atoms with E-state index in [9.17, 15) is 0 Å². The van der Waals surface area contributed by atoms with Crippen molar-refractivity contribution in [2.45, 2.75) is 47.0 Å². The van der Waals surface area contributed by atoms with Gasteiger partial charge >= 0.3 is 0 Å². The molecule has 0 aliphatic rings. The smallest absolute Gasteiger partial charge is 0.0411 e. The van der Waals surface area contributed by atoms with Gasteiger partial charge in [-0.25, -0.2) is 0 Å². The summed E-state index contributed by atoms with van der Waals surface area (Å²) in [6, 6.07) is 6.31. The summed E-state index contributed by atoms with van der Waals surface area (Å²) in [4.78, 5) is 0. The molecule has 1 rings (SSSR count). The molecular weight excluding hydrogens is 192 g/mol. The van der Waals surface area contributed by atoms with Gasteiger partial charge in [-0.1, -0.05) is 52.3 Å². The van der Waals surface area contributed by atoms with E-state index in [0.717, 1.165) is 11.4 Å². The van der Waals surface area contributed by atoms with Crippen molar-refractivity contribution < 1.29 is 0 Å². The van der Waals surface area contributed by atoms with Crippen molar-refractivity contribution in [3.05, 3.63) is 34.3 Å². The summed E-state index contributed by atoms with van der Waals surface area (Å²) in [7, 11) is 0. The minimum atomic E-state index is 0.564. The van der Waals surface area contributed by atoms with Crippen LogP contribution in [0.2, 0.25) is 5.02 Å². The maximum Gasteiger partial charge on any atom is 0.0411 e. The Bertz CT molecular complexity index is 264. The van der Waals surface area contributed by atoms with Crippen molar-refractivity contribution in [3.8, 4) is 0 Å². The third-order valence-electron chi connectivity index (χ3n) is 2.05. The van der Waals surface area contributed by atoms with Gasteiger partial charge in [0.2, 0.25) is 0 Å². The Kier molecular flexibility index (Phi) is 6.65. The summed E-state index contributed by atoms with van der Waals surface area (Å²) in [5.74, 6) is 0.564. The number of benzene rings is 1. The van der Waals surface area contributed by atoms with Crippen LogP contribution in [0, 0.1) is 0 Å². The number of halogens is 1. The highest BCUT2D eigenvalue weighted by Gasteiger charge is 2.01. The van der Waals surface area contributed by atoms with Crippen LogP contribution in [0.4, 0.5) is 0 Å². The zero-order valence-corrected chi connectivity index (χ0v) is 10.7. The van der Waals surface area contributed by atoms with Gasteiger partial charge in [0.1, 0.15) is 0 Å². The monoisotopic (exact) mass is 212 g/mol. The standard InChI is InChI=1S/C11H15Cl.C2H6/c1-4-9-5-10(8(2)3)7-11(12)6-9;1-2/h5-8H,4H2,1-3H3;1-2H3. The molecule has 0 aromatic heterocycles. The molecule has 0 aliphatic carbocycles. The number of hydrogen-bond acceptors (Lipinski definition) is 0. The highest BCUT2D eigenvalue weighted by Crippen LogP contribution is 2.21. The molecule has 0 atom stereocenters. The van der Waals surface area contributed by atoms with Crippen molar-refractivity contribution in [1.82, 2.24) is 0 Å². The molecule has 0 unspecified atom stereocenters. The highest BCUT2D eigenvalue weighted by atomic mass is 35.5. The van der Waals surface area contributed by atoms with Gasteiger partial charge in [-0.2, -0.15) is 0 Å². The van der Waals surface area contributed by atoms with E-state index in [-0.39, 0.29) is 0 Å². The summed E-state index contributed by atoms with van der Waals surface area (Å²) >= 11 is 5.97. The molecule has 0 heterocycles. The van der Waals surface area contributed by atoms with Gasteiger partial charge in [-0.05, 0) is 35.6 Å². The fourth-order valence-electron chi connectivity index (χ4n) is 1.21. The van der Waals surface area contributed by atoms with Crippen LogP contribution in [-0.4, -0.2) is 0 Å². The van der Waals surface area contributed by atoms with Crippen molar-refractivity contribution in [3.63, 3.8) is 0 Å². The summed E-state index contributed by atoms with van der Waals surface area (Å²) in [6.45, 7) is 10.5. The first kappa shape index (κ1) is 13.5. The van der Waals surface area contributed by atoms with Crippen LogP contribution >= 0.6 is 11.6 Å². The largest absolute Gasteiger partial charge is 0.0843 e. The van der Waals surface area contributed by atoms with Gasteiger partial charge in [-0.15, -0.1) is 0 Å². The zero-order valence-electron chi connectivity index (χ0n) is 9.89. The van der Waals surface area contributed by atoms with E-state index in [0.29, 0.717) is 5.92 Å². The lowest BCUT2D eigenvalue weighted by molar-refractivity contribution is 0.862. The molecular formula is C13H21Cl. The first-order valence-electron chi connectivity index (χ1n) is 5.43. The van der Waals surface area contributed by atoms with E-state index in [1.807, 2.05) is 26.0 Å². The molecule has 0 amide bonds. The van der Waals surface area contributed by atoms with E-state index < -0.39 is 0 Å². The van der Waals surface area contributed by atoms with Crippen LogP contribution in [0.25, 0.3) is 0 Å². The molecule has 0 saturated heterocycles. The third-order valence-corrected chi connectivity index (χ3v) is 2.27. The lowest BCUT2D eigenvalue weighted by atomic mass is 10.00. The van der Waals surface area contributed by atoms with Gasteiger partial charge in [0, 0.05) is 5.02 Å². The topological polar surface area (TPSA) is 0 Å². The Labute approximate surface area is 93.3 Å². The van der Waals surface area contributed by atoms with Crippen LogP contribution in [0.15, 0.2) is 18.2 Å². The minimum Gasteiger partial charge on any atom is -0.0843 e. The molecule has 0 aliphatic heterocycles. The number of hydrogen-bond donors (Lipinski definition) is 0. The Morgan fingerprint density at radius 3 is 2.14 bits per heavy atom. The molecule has 0 fully saturated rings. The molecule has 0 spiro atoms. The Morgan fingerprint density at radius 1 is 1.14 bits per heavy atom. The van der Waals surface area contributed by atoms with E-state index in [1.54, 1.807) is 0 Å². The summed E-state index contributed by atoms with van der Waals surface area (Å²) in [5, 5.41) is 0.859. The summed E-state index contributed by atoms with van der Waals surface area (Å²) in [5.41, 5.74) is 2.66. The second kappa shape index (κ2) is 6.89. The molecule has 14 heavy (non-hydrogen) atoms. The predicted octanol–water partition coefficient (Wildman–Crippen LogP) is 5.05. The van der Waals surface area contributed by atoms with E-state index >= 15 is 0 Å². The van der Waals surface area contributed by atoms with Gasteiger partial charge in [0.25, 0.3) is 0 Å². The lowest BCUT2D eigenvalue weighted by Crippen LogP contribution is -1.89. The molecule has 0 radical (unpaired) electrons. The van der Waals surface area contributed by atoms with Crippen molar-refractivity contribution in [2.24, 2.45) is 0 Å². The predicted molar refractivity (Wildman–Crippen MR) is 66.3 cm³/mol. The summed E-state index contributed by atoms with van der Waals surface area (Å²) < 4.78 is 0. The fraction of sp³-hybridized carbons (Fsp3) is 0.538. The first-order valence-corrected chi connectivity index (χ1v) is 5.80. The van der Waals surface area contributed by atoms with E-state index in [4.69, 9.17) is 11.6 Å². The molecule has 1 heteroatoms. The zero-order chi connectivity index (χ0) is 11.1. The normalized spacial score (nSPS) is 9.64. The van der Waals surface area contributed by atoms with Gasteiger partial charge < -0.3 is 0 Å². The number of aryl methyl sites for hydroxylation is 1. The molecule has 0 bridgehead atoms. The minimum absolute atomic E-state index is 0.564. The van der Waals surface area contributed by atoms with Crippen molar-refractivity contribution in [1.29, 1.82) is 0 Å². The second-order valence-electron chi connectivity index (χ2n) is 3.40. The van der Waals surface area contributed by atoms with Crippen LogP contribution in [0.5, 0.6) is 0 Å². The van der Waals surface area contributed by atoms with E-state index in [1.165, 1.54) is 11.1 Å². The molecule has 1 aromatic rings. The van der Waals surface area contributed by atoms with Crippen LogP contribution < -0.4 is 0 Å². The van der Waals surface area contributed by atoms with Crippen LogP contribution in [-0.2, 0) is 6.42 Å². The van der Waals surface area contributed by atoms with Gasteiger partial charge in [-0.3, -0.25) is 0 Å². The first-order chi connectivity index (χ1) is 6.63. The average Bonchev–Trinajstić information content (AvgIpc) is 2.20. The fourth-order valence-corrected chi connectivity index (χ4v) is 1.48. The average molecular weight is 213 g/mol. The Balaban J connectivity index is 0.000000791. The van der Waals surface area contributed by atoms with Gasteiger partial charge in [0.15, 0.2) is 0 Å². The lowest BCUT2D eigenvalue weighted by Gasteiger charge is -2.07. The second-order valence-corrected chi connectivity index (χ2v) is 3.84. The molecule has 0 saturated carbocycles. The van der Waals surface area contributed by atoms with Crippen molar-refractivity contribution >= 4 is 11.6 Å². The Morgan fingerprint density at radius 2 is 1.71 bits per heavy atom. The highest BCUT2D eigenvalue weighted by molar-refractivity contribution is 6.30. The van der Waals surface area contributed by atoms with Gasteiger partial charge in [0.05, 0.1) is 0 Å². The SMILES string of the molecule is CC.CCc1cc(Cl)cc(C(C)C)c1. The van der Waals surface area contributed by atoms with Crippen LogP contribution in [0.1, 0.15) is 51.7 Å². The molecule has 0 N–H and O–H groups in total. The summed E-state index contributed by atoms with van der Waals surface area (Å²) in [6.07, 6.45) is 1.06.